The highest BCUT2D eigenvalue weighted by atomic mass is 32.2. The number of anilines is 4. The predicted octanol–water partition coefficient (Wildman–Crippen LogP) is 4.93. The van der Waals surface area contributed by atoms with Crippen molar-refractivity contribution in [3.63, 3.8) is 0 Å². The second-order valence-electron chi connectivity index (χ2n) is 11.0. The first-order valence-corrected chi connectivity index (χ1v) is 15.7. The highest BCUT2D eigenvalue weighted by Gasteiger charge is 2.34. The molecule has 6 rings (SSSR count). The van der Waals surface area contributed by atoms with E-state index < -0.39 is 32.1 Å². The van der Waals surface area contributed by atoms with Crippen molar-refractivity contribution >= 4 is 33.1 Å². The van der Waals surface area contributed by atoms with Crippen LogP contribution in [0.5, 0.6) is 0 Å². The molecule has 2 N–H and O–H groups in total. The second-order valence-corrected chi connectivity index (χ2v) is 13.0. The molecule has 0 aliphatic heterocycles. The first kappa shape index (κ1) is 28.2. The molecule has 222 valence electrons. The first-order valence-electron chi connectivity index (χ1n) is 13.8. The van der Waals surface area contributed by atoms with Gasteiger partial charge in [0.15, 0.2) is 27.3 Å². The highest BCUT2D eigenvalue weighted by Crippen LogP contribution is 2.48. The predicted molar refractivity (Wildman–Crippen MR) is 153 cm³/mol. The van der Waals surface area contributed by atoms with Crippen LogP contribution in [0.2, 0.25) is 0 Å². The van der Waals surface area contributed by atoms with Crippen molar-refractivity contribution in [1.82, 2.24) is 29.7 Å². The Labute approximate surface area is 242 Å². The number of sulfone groups is 1. The van der Waals surface area contributed by atoms with Gasteiger partial charge in [-0.3, -0.25) is 5.10 Å². The summed E-state index contributed by atoms with van der Waals surface area (Å²) in [5.41, 5.74) is 2.36. The number of nitrogens with one attached hydrogen (secondary N) is 2. The van der Waals surface area contributed by atoms with Gasteiger partial charge >= 0.3 is 0 Å². The average molecular weight is 599 g/mol. The summed E-state index contributed by atoms with van der Waals surface area (Å²) in [4.78, 5) is 15.0. The molecule has 11 nitrogen and oxygen atoms in total. The van der Waals surface area contributed by atoms with Crippen LogP contribution in [0.4, 0.5) is 32.1 Å². The average Bonchev–Trinajstić information content (AvgIpc) is 3.85. The van der Waals surface area contributed by atoms with E-state index in [4.69, 9.17) is 19.7 Å². The Morgan fingerprint density at radius 3 is 2.40 bits per heavy atom. The second kappa shape index (κ2) is 10.7. The van der Waals surface area contributed by atoms with Crippen LogP contribution in [-0.4, -0.2) is 64.1 Å². The normalized spacial score (nSPS) is 15.3. The van der Waals surface area contributed by atoms with Gasteiger partial charge in [-0.1, -0.05) is 0 Å². The van der Waals surface area contributed by atoms with Crippen LogP contribution >= 0.6 is 0 Å². The van der Waals surface area contributed by atoms with Crippen molar-refractivity contribution in [2.45, 2.75) is 63.0 Å². The van der Waals surface area contributed by atoms with E-state index in [2.05, 4.69) is 15.5 Å². The lowest BCUT2D eigenvalue weighted by molar-refractivity contribution is 0.111. The summed E-state index contributed by atoms with van der Waals surface area (Å²) in [5, 5.41) is 10.4. The minimum Gasteiger partial charge on any atom is -0.376 e. The zero-order chi connectivity index (χ0) is 29.8. The first-order chi connectivity index (χ1) is 20.0. The van der Waals surface area contributed by atoms with E-state index in [0.717, 1.165) is 61.2 Å². The van der Waals surface area contributed by atoms with E-state index in [1.165, 1.54) is 11.9 Å². The summed E-state index contributed by atoms with van der Waals surface area (Å²) in [6, 6.07) is 3.41. The van der Waals surface area contributed by atoms with Crippen LogP contribution < -0.4 is 10.2 Å². The van der Waals surface area contributed by atoms with Crippen molar-refractivity contribution in [2.75, 3.05) is 30.1 Å². The van der Waals surface area contributed by atoms with Crippen molar-refractivity contribution in [3.05, 3.63) is 53.1 Å². The van der Waals surface area contributed by atoms with Crippen molar-refractivity contribution in [3.8, 4) is 11.4 Å². The molecule has 4 aromatic rings. The number of halogens is 2. The molecule has 2 fully saturated rings. The fourth-order valence-electron chi connectivity index (χ4n) is 4.84. The molecule has 1 aromatic carbocycles. The lowest BCUT2D eigenvalue weighted by Crippen LogP contribution is -2.19. The van der Waals surface area contributed by atoms with Gasteiger partial charge in [0.05, 0.1) is 17.6 Å². The quantitative estimate of drug-likeness (QED) is 0.247. The van der Waals surface area contributed by atoms with Crippen molar-refractivity contribution in [1.29, 1.82) is 0 Å². The van der Waals surface area contributed by atoms with Gasteiger partial charge in [-0.2, -0.15) is 10.1 Å². The Morgan fingerprint density at radius 2 is 1.81 bits per heavy atom. The molecule has 0 amide bonds. The highest BCUT2D eigenvalue weighted by molar-refractivity contribution is 7.90. The number of imidazole rings is 1. The maximum Gasteiger partial charge on any atom is 0.232 e. The van der Waals surface area contributed by atoms with Gasteiger partial charge in [0, 0.05) is 43.4 Å². The topological polar surface area (TPSA) is 131 Å². The van der Waals surface area contributed by atoms with E-state index in [1.807, 2.05) is 30.7 Å². The maximum atomic E-state index is 15.2. The molecule has 2 aliphatic carbocycles. The molecule has 3 aromatic heterocycles. The van der Waals surface area contributed by atoms with Crippen LogP contribution in [0, 0.1) is 25.5 Å². The number of aryl methyl sites for hydroxylation is 2. The van der Waals surface area contributed by atoms with Crippen molar-refractivity contribution < 1.29 is 21.9 Å². The SMILES string of the molecule is Cc1cc(Nc2nc(N(C)c3c(F)cc(S(C)(=O)=O)cc3F)nc(-c3cn(CCOC4CC4)c(C)n3)c2C2CC2)n[nH]1. The molecule has 0 saturated heterocycles. The van der Waals surface area contributed by atoms with Gasteiger partial charge < -0.3 is 19.5 Å². The van der Waals surface area contributed by atoms with Gasteiger partial charge in [-0.15, -0.1) is 0 Å². The molecular formula is C28H32F2N8O3S. The van der Waals surface area contributed by atoms with E-state index in [1.54, 1.807) is 0 Å². The van der Waals surface area contributed by atoms with Gasteiger partial charge in [-0.05, 0) is 57.6 Å². The molecule has 0 spiro atoms. The zero-order valence-electron chi connectivity index (χ0n) is 23.8. The number of rotatable bonds is 11. The number of aromatic amines is 1. The number of H-pyrrole nitrogens is 1. The Bertz CT molecular complexity index is 1740. The summed E-state index contributed by atoms with van der Waals surface area (Å²) in [6.07, 6.45) is 7.22. The number of nitrogens with zero attached hydrogens (tertiary/aromatic N) is 6. The molecule has 0 unspecified atom stereocenters. The largest absolute Gasteiger partial charge is 0.376 e. The molecule has 2 saturated carbocycles. The molecule has 2 aliphatic rings. The molecule has 0 radical (unpaired) electrons. The third-order valence-electron chi connectivity index (χ3n) is 7.35. The van der Waals surface area contributed by atoms with Gasteiger partial charge in [0.1, 0.15) is 28.7 Å². The minimum atomic E-state index is -3.82. The van der Waals surface area contributed by atoms with Crippen LogP contribution in [0.3, 0.4) is 0 Å². The fourth-order valence-corrected chi connectivity index (χ4v) is 5.47. The molecule has 0 atom stereocenters. The summed E-state index contributed by atoms with van der Waals surface area (Å²) >= 11 is 0. The lowest BCUT2D eigenvalue weighted by Gasteiger charge is -2.22. The monoisotopic (exact) mass is 598 g/mol. The smallest absolute Gasteiger partial charge is 0.232 e. The van der Waals surface area contributed by atoms with Crippen LogP contribution in [0.1, 0.15) is 48.7 Å². The number of aromatic nitrogens is 6. The summed E-state index contributed by atoms with van der Waals surface area (Å²) in [7, 11) is -2.39. The number of hydrogen-bond donors (Lipinski definition) is 2. The Kier molecular flexibility index (Phi) is 7.21. The number of ether oxygens (including phenoxy) is 1. The summed E-state index contributed by atoms with van der Waals surface area (Å²) in [5.74, 6) is -0.169. The van der Waals surface area contributed by atoms with E-state index in [9.17, 15) is 8.42 Å². The number of hydrogen-bond acceptors (Lipinski definition) is 9. The zero-order valence-corrected chi connectivity index (χ0v) is 24.6. The lowest BCUT2D eigenvalue weighted by atomic mass is 10.1. The Hall–Kier alpha value is -3.91. The summed E-state index contributed by atoms with van der Waals surface area (Å²) in [6.45, 7) is 4.98. The Morgan fingerprint density at radius 1 is 1.10 bits per heavy atom. The van der Waals surface area contributed by atoms with E-state index in [-0.39, 0.29) is 11.9 Å². The number of benzene rings is 1. The molecule has 3 heterocycles. The molecule has 14 heteroatoms. The van der Waals surface area contributed by atoms with Crippen LogP contribution in [-0.2, 0) is 21.1 Å². The fraction of sp³-hybridized carbons (Fsp3) is 0.429. The molecule has 42 heavy (non-hydrogen) atoms. The minimum absolute atomic E-state index is 0.00154. The third kappa shape index (κ3) is 5.86. The van der Waals surface area contributed by atoms with Crippen LogP contribution in [0.15, 0.2) is 29.3 Å². The van der Waals surface area contributed by atoms with Crippen molar-refractivity contribution in [2.24, 2.45) is 0 Å². The van der Waals surface area contributed by atoms with E-state index >= 15 is 8.78 Å². The van der Waals surface area contributed by atoms with Gasteiger partial charge in [-0.25, -0.2) is 27.2 Å². The third-order valence-corrected chi connectivity index (χ3v) is 8.45. The molecule has 0 bridgehead atoms. The Balaban J connectivity index is 1.45. The maximum absolute atomic E-state index is 15.2. The van der Waals surface area contributed by atoms with Crippen LogP contribution in [0.25, 0.3) is 11.4 Å². The van der Waals surface area contributed by atoms with Gasteiger partial charge in [0.2, 0.25) is 5.95 Å². The summed E-state index contributed by atoms with van der Waals surface area (Å²) < 4.78 is 62.2. The molecular weight excluding hydrogens is 566 g/mol. The van der Waals surface area contributed by atoms with Gasteiger partial charge in [0.25, 0.3) is 0 Å². The standard InChI is InChI=1S/C28H32F2N8O3S/c1-15-11-23(36-35-15)32-27-24(17-5-6-17)25(22-14-38(16(2)31-22)9-10-41-18-7-8-18)33-28(34-27)37(3)26-20(29)12-19(13-21(26)30)42(4,39)40/h11-14,17-18H,5-10H2,1-4H3,(H2,32,33,34,35,36). The van der Waals surface area contributed by atoms with E-state index in [0.29, 0.717) is 42.3 Å².